The van der Waals surface area contributed by atoms with Gasteiger partial charge in [0.1, 0.15) is 6.04 Å². The van der Waals surface area contributed by atoms with Crippen LogP contribution in [-0.2, 0) is 11.0 Å². The highest BCUT2D eigenvalue weighted by atomic mass is 35.5. The minimum atomic E-state index is -4.65. The lowest BCUT2D eigenvalue weighted by Gasteiger charge is -2.33. The number of carboxylic acid groups (broad SMARTS) is 1. The second-order valence-corrected chi connectivity index (χ2v) is 7.36. The van der Waals surface area contributed by atoms with E-state index in [1.807, 2.05) is 0 Å². The Morgan fingerprint density at radius 1 is 1.23 bits per heavy atom. The van der Waals surface area contributed by atoms with Gasteiger partial charge in [0.25, 0.3) is 0 Å². The maximum Gasteiger partial charge on any atom is 0.417 e. The Kier molecular flexibility index (Phi) is 6.47. The molecule has 0 aromatic heterocycles. The number of rotatable bonds is 6. The summed E-state index contributed by atoms with van der Waals surface area (Å²) in [5.41, 5.74) is -0.188. The maximum atomic E-state index is 13.5. The number of methoxy groups -OCH3 is 2. The number of hydrogen-bond donors (Lipinski definition) is 1. The topological polar surface area (TPSA) is 59.0 Å². The molecule has 162 valence electrons. The van der Waals surface area contributed by atoms with Gasteiger partial charge in [-0.1, -0.05) is 29.8 Å². The van der Waals surface area contributed by atoms with Crippen LogP contribution in [0.1, 0.15) is 35.6 Å². The van der Waals surface area contributed by atoms with Crippen molar-refractivity contribution < 1.29 is 32.5 Å². The van der Waals surface area contributed by atoms with Crippen LogP contribution in [-0.4, -0.2) is 42.8 Å². The zero-order chi connectivity index (χ0) is 22.1. The number of likely N-dealkylation sites (tertiary alicyclic amines) is 1. The second-order valence-electron chi connectivity index (χ2n) is 6.96. The first-order chi connectivity index (χ1) is 14.2. The summed E-state index contributed by atoms with van der Waals surface area (Å²) in [5, 5.41) is 9.27. The quantitative estimate of drug-likeness (QED) is 0.679. The van der Waals surface area contributed by atoms with Crippen molar-refractivity contribution in [1.82, 2.24) is 4.90 Å². The number of nitrogens with zero attached hydrogens (tertiary/aromatic N) is 1. The molecule has 5 nitrogen and oxygen atoms in total. The summed E-state index contributed by atoms with van der Waals surface area (Å²) in [6.45, 7) is 0.409. The molecule has 2 atom stereocenters. The molecule has 0 amide bonds. The second kappa shape index (κ2) is 8.73. The third-order valence-corrected chi connectivity index (χ3v) is 5.58. The Bertz CT molecular complexity index is 935. The molecule has 2 aromatic rings. The van der Waals surface area contributed by atoms with E-state index in [-0.39, 0.29) is 5.56 Å². The van der Waals surface area contributed by atoms with Crippen LogP contribution in [0.25, 0.3) is 0 Å². The first-order valence-electron chi connectivity index (χ1n) is 9.25. The van der Waals surface area contributed by atoms with E-state index >= 15 is 0 Å². The molecular weight excluding hydrogens is 423 g/mol. The fraction of sp³-hybridized carbons (Fsp3) is 0.381. The van der Waals surface area contributed by atoms with Crippen LogP contribution < -0.4 is 9.47 Å². The number of halogens is 4. The highest BCUT2D eigenvalue weighted by molar-refractivity contribution is 6.31. The van der Waals surface area contributed by atoms with E-state index in [0.29, 0.717) is 36.4 Å². The van der Waals surface area contributed by atoms with Gasteiger partial charge in [0.15, 0.2) is 11.5 Å². The molecule has 1 N–H and O–H groups in total. The van der Waals surface area contributed by atoms with Crippen molar-refractivity contribution >= 4 is 17.6 Å². The molecular formula is C21H21ClF3NO4. The third-order valence-electron chi connectivity index (χ3n) is 5.25. The number of benzene rings is 2. The normalized spacial score (nSPS) is 18.3. The Labute approximate surface area is 177 Å². The van der Waals surface area contributed by atoms with Gasteiger partial charge in [-0.15, -0.1) is 0 Å². The Balaban J connectivity index is 2.24. The molecule has 1 heterocycles. The summed E-state index contributed by atoms with van der Waals surface area (Å²) in [6, 6.07) is 7.07. The molecule has 1 aliphatic rings. The zero-order valence-corrected chi connectivity index (χ0v) is 17.1. The highest BCUT2D eigenvalue weighted by Crippen LogP contribution is 2.44. The Hall–Kier alpha value is -2.45. The summed E-state index contributed by atoms with van der Waals surface area (Å²) in [7, 11) is 2.89. The van der Waals surface area contributed by atoms with E-state index < -0.39 is 34.8 Å². The lowest BCUT2D eigenvalue weighted by molar-refractivity contribution is -0.143. The molecule has 0 bridgehead atoms. The molecule has 0 saturated carbocycles. The lowest BCUT2D eigenvalue weighted by Crippen LogP contribution is -2.39. The van der Waals surface area contributed by atoms with E-state index in [9.17, 15) is 23.1 Å². The molecule has 0 radical (unpaired) electrons. The molecule has 3 rings (SSSR count). The average molecular weight is 444 g/mol. The van der Waals surface area contributed by atoms with Crippen molar-refractivity contribution in [3.8, 4) is 11.5 Å². The van der Waals surface area contributed by atoms with Gasteiger partial charge < -0.3 is 14.6 Å². The summed E-state index contributed by atoms with van der Waals surface area (Å²) in [4.78, 5) is 13.5. The van der Waals surface area contributed by atoms with Gasteiger partial charge in [-0.25, -0.2) is 0 Å². The number of para-hydroxylation sites is 1. The number of ether oxygens (including phenoxy) is 2. The standard InChI is InChI=1S/C21H21ClF3NO4/c1-29-17-7-3-5-13(19(17)30-2)18(26-10-4-6-16(26)20(27)28)12-8-9-15(22)14(11-12)21(23,24)25/h3,5,7-9,11,16,18H,4,6,10H2,1-2H3,(H,27,28). The fourth-order valence-electron chi connectivity index (χ4n) is 3.97. The fourth-order valence-corrected chi connectivity index (χ4v) is 4.20. The van der Waals surface area contributed by atoms with Crippen LogP contribution in [0.4, 0.5) is 13.2 Å². The van der Waals surface area contributed by atoms with Crippen LogP contribution in [0.3, 0.4) is 0 Å². The van der Waals surface area contributed by atoms with E-state index in [2.05, 4.69) is 0 Å². The van der Waals surface area contributed by atoms with Gasteiger partial charge >= 0.3 is 12.1 Å². The van der Waals surface area contributed by atoms with Crippen molar-refractivity contribution in [2.24, 2.45) is 0 Å². The molecule has 1 saturated heterocycles. The van der Waals surface area contributed by atoms with Crippen LogP contribution in [0.15, 0.2) is 36.4 Å². The van der Waals surface area contributed by atoms with Crippen molar-refractivity contribution in [1.29, 1.82) is 0 Å². The van der Waals surface area contributed by atoms with Crippen LogP contribution in [0.2, 0.25) is 5.02 Å². The van der Waals surface area contributed by atoms with Crippen LogP contribution in [0, 0.1) is 0 Å². The van der Waals surface area contributed by atoms with E-state index in [1.165, 1.54) is 26.4 Å². The molecule has 0 aliphatic carbocycles. The van der Waals surface area contributed by atoms with Gasteiger partial charge in [0.2, 0.25) is 0 Å². The number of carbonyl (C=O) groups is 1. The van der Waals surface area contributed by atoms with Crippen molar-refractivity contribution in [2.45, 2.75) is 31.1 Å². The van der Waals surface area contributed by atoms with Gasteiger partial charge in [0.05, 0.1) is 30.8 Å². The predicted octanol–water partition coefficient (Wildman–Crippen LogP) is 5.01. The van der Waals surface area contributed by atoms with E-state index in [0.717, 1.165) is 6.07 Å². The number of alkyl halides is 3. The third kappa shape index (κ3) is 4.20. The van der Waals surface area contributed by atoms with Gasteiger partial charge in [-0.3, -0.25) is 9.69 Å². The monoisotopic (exact) mass is 443 g/mol. The van der Waals surface area contributed by atoms with Gasteiger partial charge in [-0.2, -0.15) is 13.2 Å². The minimum Gasteiger partial charge on any atom is -0.493 e. The zero-order valence-electron chi connectivity index (χ0n) is 16.4. The highest BCUT2D eigenvalue weighted by Gasteiger charge is 2.40. The number of carboxylic acids is 1. The lowest BCUT2D eigenvalue weighted by atomic mass is 9.93. The summed E-state index contributed by atoms with van der Waals surface area (Å²) < 4.78 is 51.3. The Morgan fingerprint density at radius 2 is 1.97 bits per heavy atom. The van der Waals surface area contributed by atoms with Gasteiger partial charge in [-0.05, 0) is 36.6 Å². The number of hydrogen-bond acceptors (Lipinski definition) is 4. The van der Waals surface area contributed by atoms with Gasteiger partial charge in [0, 0.05) is 12.1 Å². The maximum absolute atomic E-state index is 13.5. The van der Waals surface area contributed by atoms with Crippen LogP contribution in [0.5, 0.6) is 11.5 Å². The number of aliphatic carboxylic acids is 1. The predicted molar refractivity (Wildman–Crippen MR) is 105 cm³/mol. The van der Waals surface area contributed by atoms with Crippen LogP contribution >= 0.6 is 11.6 Å². The molecule has 2 unspecified atom stereocenters. The molecule has 1 aliphatic heterocycles. The summed E-state index contributed by atoms with van der Waals surface area (Å²) in [6.07, 6.45) is -3.63. The molecule has 0 spiro atoms. The average Bonchev–Trinajstić information content (AvgIpc) is 3.18. The molecule has 9 heteroatoms. The summed E-state index contributed by atoms with van der Waals surface area (Å²) >= 11 is 5.80. The molecule has 2 aromatic carbocycles. The SMILES string of the molecule is COc1cccc(C(c2ccc(Cl)c(C(F)(F)F)c2)N2CCCC2C(=O)O)c1OC. The Morgan fingerprint density at radius 3 is 2.57 bits per heavy atom. The van der Waals surface area contributed by atoms with E-state index in [4.69, 9.17) is 21.1 Å². The largest absolute Gasteiger partial charge is 0.493 e. The van der Waals surface area contributed by atoms with Crippen molar-refractivity contribution in [3.05, 3.63) is 58.1 Å². The summed E-state index contributed by atoms with van der Waals surface area (Å²) in [5.74, 6) is -0.287. The minimum absolute atomic E-state index is 0.270. The van der Waals surface area contributed by atoms with E-state index in [1.54, 1.807) is 23.1 Å². The first kappa shape index (κ1) is 22.2. The van der Waals surface area contributed by atoms with Crippen molar-refractivity contribution in [2.75, 3.05) is 20.8 Å². The molecule has 1 fully saturated rings. The first-order valence-corrected chi connectivity index (χ1v) is 9.63. The van der Waals surface area contributed by atoms with Crippen molar-refractivity contribution in [3.63, 3.8) is 0 Å². The smallest absolute Gasteiger partial charge is 0.417 e. The molecule has 30 heavy (non-hydrogen) atoms.